The second-order valence-corrected chi connectivity index (χ2v) is 9.61. The van der Waals surface area contributed by atoms with Crippen LogP contribution in [0.3, 0.4) is 0 Å². The molecule has 8 heteroatoms. The number of nitrogens with one attached hydrogen (secondary N) is 1. The van der Waals surface area contributed by atoms with Gasteiger partial charge in [0.1, 0.15) is 0 Å². The lowest BCUT2D eigenvalue weighted by atomic mass is 9.83. The number of sulfone groups is 1. The third-order valence-corrected chi connectivity index (χ3v) is 8.01. The minimum Gasteiger partial charge on any atom is -0.345 e. The maximum Gasteiger partial charge on any atom is 0.242 e. The molecule has 146 valence electrons. The molecule has 1 atom stereocenters. The predicted octanol–water partition coefficient (Wildman–Crippen LogP) is 2.61. The molecule has 1 amide bonds. The van der Waals surface area contributed by atoms with E-state index in [1.165, 1.54) is 0 Å². The number of nitrogens with zero attached hydrogens (tertiary/aromatic N) is 3. The van der Waals surface area contributed by atoms with Crippen LogP contribution in [0.1, 0.15) is 43.6 Å². The number of aromatic nitrogens is 3. The van der Waals surface area contributed by atoms with Crippen LogP contribution in [-0.2, 0) is 14.6 Å². The molecule has 0 saturated heterocycles. The number of carbonyl (C=O) groups excluding carboxylic acids is 1. The number of amides is 1. The number of carbonyl (C=O) groups is 1. The van der Waals surface area contributed by atoms with E-state index in [4.69, 9.17) is 0 Å². The van der Waals surface area contributed by atoms with Gasteiger partial charge >= 0.3 is 0 Å². The largest absolute Gasteiger partial charge is 0.345 e. The van der Waals surface area contributed by atoms with Crippen molar-refractivity contribution in [2.24, 2.45) is 0 Å². The number of hydrogen-bond acceptors (Lipinski definition) is 5. The fourth-order valence-electron chi connectivity index (χ4n) is 3.61. The minimum absolute atomic E-state index is 0.188. The molecule has 0 radical (unpaired) electrons. The van der Waals surface area contributed by atoms with Crippen LogP contribution in [0.4, 0.5) is 0 Å². The Hall–Kier alpha value is -2.74. The van der Waals surface area contributed by atoms with Gasteiger partial charge in [-0.25, -0.2) is 8.42 Å². The van der Waals surface area contributed by atoms with Crippen LogP contribution in [0.2, 0.25) is 0 Å². The minimum atomic E-state index is -3.79. The highest BCUT2D eigenvalue weighted by atomic mass is 32.2. The molecule has 1 aliphatic carbocycles. The summed E-state index contributed by atoms with van der Waals surface area (Å²) in [5.41, 5.74) is 1.64. The molecule has 7 nitrogen and oxygen atoms in total. The second kappa shape index (κ2) is 6.70. The molecule has 1 N–H and O–H groups in total. The van der Waals surface area contributed by atoms with Gasteiger partial charge in [0.15, 0.2) is 26.1 Å². The third-order valence-electron chi connectivity index (χ3n) is 5.50. The van der Waals surface area contributed by atoms with Crippen molar-refractivity contribution in [2.45, 2.75) is 48.8 Å². The van der Waals surface area contributed by atoms with Gasteiger partial charge in [0.2, 0.25) is 5.91 Å². The van der Waals surface area contributed by atoms with E-state index in [2.05, 4.69) is 15.5 Å². The summed E-state index contributed by atoms with van der Waals surface area (Å²) in [4.78, 5) is 13.3. The average Bonchev–Trinajstić information content (AvgIpc) is 3.05. The first kappa shape index (κ1) is 18.6. The van der Waals surface area contributed by atoms with E-state index >= 15 is 0 Å². The van der Waals surface area contributed by atoms with Gasteiger partial charge in [0.25, 0.3) is 0 Å². The van der Waals surface area contributed by atoms with Crippen LogP contribution in [-0.4, -0.2) is 33.7 Å². The zero-order valence-electron chi connectivity index (χ0n) is 15.8. The molecule has 0 spiro atoms. The van der Waals surface area contributed by atoms with Crippen molar-refractivity contribution in [2.75, 3.05) is 0 Å². The third kappa shape index (κ3) is 2.79. The molecule has 0 unspecified atom stereocenters. The summed E-state index contributed by atoms with van der Waals surface area (Å²) in [5, 5.41) is 11.1. The topological polar surface area (TPSA) is 93.4 Å². The van der Waals surface area contributed by atoms with E-state index in [1.807, 2.05) is 31.3 Å². The van der Waals surface area contributed by atoms with Crippen LogP contribution in [0.25, 0.3) is 5.65 Å². The monoisotopic (exact) mass is 398 g/mol. The number of benzene rings is 1. The van der Waals surface area contributed by atoms with Crippen molar-refractivity contribution < 1.29 is 13.2 Å². The smallest absolute Gasteiger partial charge is 0.242 e. The van der Waals surface area contributed by atoms with Crippen LogP contribution in [0.5, 0.6) is 0 Å². The van der Waals surface area contributed by atoms with Crippen molar-refractivity contribution in [3.63, 3.8) is 0 Å². The zero-order chi connectivity index (χ0) is 19.9. The molecule has 2 aromatic heterocycles. The Morgan fingerprint density at radius 3 is 2.50 bits per heavy atom. The van der Waals surface area contributed by atoms with Crippen molar-refractivity contribution in [3.8, 4) is 0 Å². The Balaban J connectivity index is 1.63. The summed E-state index contributed by atoms with van der Waals surface area (Å²) >= 11 is 0. The van der Waals surface area contributed by atoms with E-state index in [1.54, 1.807) is 35.6 Å². The summed E-state index contributed by atoms with van der Waals surface area (Å²) in [5.74, 6) is 0.0886. The van der Waals surface area contributed by atoms with Gasteiger partial charge in [-0.05, 0) is 57.4 Å². The highest BCUT2D eigenvalue weighted by molar-refractivity contribution is 7.93. The van der Waals surface area contributed by atoms with E-state index in [0.717, 1.165) is 5.56 Å². The first-order valence-electron chi connectivity index (χ1n) is 9.27. The van der Waals surface area contributed by atoms with Crippen LogP contribution in [0.15, 0.2) is 53.6 Å². The number of aryl methyl sites for hydroxylation is 1. The van der Waals surface area contributed by atoms with Crippen LogP contribution >= 0.6 is 0 Å². The number of rotatable bonds is 5. The lowest BCUT2D eigenvalue weighted by Gasteiger charge is -2.39. The summed E-state index contributed by atoms with van der Waals surface area (Å²) in [6, 6.07) is 11.7. The SMILES string of the molecule is Cc1ccc(S(=O)(=O)C2(C(=O)N[C@@H](C)c3nnc4ccccn34)CCC2)cc1. The first-order chi connectivity index (χ1) is 13.3. The Kier molecular flexibility index (Phi) is 4.45. The molecule has 1 aliphatic rings. The highest BCUT2D eigenvalue weighted by Crippen LogP contribution is 2.43. The molecule has 1 fully saturated rings. The molecule has 3 aromatic rings. The molecule has 4 rings (SSSR count). The molecule has 0 aliphatic heterocycles. The van der Waals surface area contributed by atoms with Gasteiger partial charge < -0.3 is 5.32 Å². The maximum atomic E-state index is 13.3. The Morgan fingerprint density at radius 1 is 1.14 bits per heavy atom. The van der Waals surface area contributed by atoms with Crippen LogP contribution < -0.4 is 5.32 Å². The molecule has 2 heterocycles. The fraction of sp³-hybridized carbons (Fsp3) is 0.350. The van der Waals surface area contributed by atoms with Gasteiger partial charge in [-0.3, -0.25) is 9.20 Å². The Bertz CT molecular complexity index is 1130. The lowest BCUT2D eigenvalue weighted by molar-refractivity contribution is -0.126. The molecule has 28 heavy (non-hydrogen) atoms. The van der Waals surface area contributed by atoms with Gasteiger partial charge in [-0.2, -0.15) is 0 Å². The summed E-state index contributed by atoms with van der Waals surface area (Å²) in [6.45, 7) is 3.68. The number of hydrogen-bond donors (Lipinski definition) is 1. The molecule has 0 bridgehead atoms. The molecular weight excluding hydrogens is 376 g/mol. The standard InChI is InChI=1S/C20H22N4O3S/c1-14-7-9-16(10-8-14)28(26,27)20(11-5-12-20)19(25)21-15(2)18-23-22-17-6-3-4-13-24(17)18/h3-4,6-10,13,15H,5,11-12H2,1-2H3,(H,21,25)/t15-/m0/s1. The Labute approximate surface area is 163 Å². The quantitative estimate of drug-likeness (QED) is 0.713. The normalized spacial score (nSPS) is 17.1. The molecular formula is C20H22N4O3S. The van der Waals surface area contributed by atoms with Gasteiger partial charge in [-0.1, -0.05) is 23.8 Å². The highest BCUT2D eigenvalue weighted by Gasteiger charge is 2.55. The number of pyridine rings is 1. The molecule has 1 aromatic carbocycles. The summed E-state index contributed by atoms with van der Waals surface area (Å²) < 4.78 is 26.9. The summed E-state index contributed by atoms with van der Waals surface area (Å²) in [6.07, 6.45) is 3.17. The molecule has 1 saturated carbocycles. The van der Waals surface area contributed by atoms with Crippen molar-refractivity contribution in [1.29, 1.82) is 0 Å². The van der Waals surface area contributed by atoms with Gasteiger partial charge in [0.05, 0.1) is 10.9 Å². The van der Waals surface area contributed by atoms with Crippen molar-refractivity contribution in [3.05, 3.63) is 60.0 Å². The van der Waals surface area contributed by atoms with E-state index in [9.17, 15) is 13.2 Å². The zero-order valence-corrected chi connectivity index (χ0v) is 16.6. The fourth-order valence-corrected chi connectivity index (χ4v) is 5.68. The Morgan fingerprint density at radius 2 is 1.86 bits per heavy atom. The second-order valence-electron chi connectivity index (χ2n) is 7.35. The summed E-state index contributed by atoms with van der Waals surface area (Å²) in [7, 11) is -3.79. The van der Waals surface area contributed by atoms with Crippen molar-refractivity contribution >= 4 is 21.4 Å². The lowest BCUT2D eigenvalue weighted by Crippen LogP contribution is -2.57. The number of fused-ring (bicyclic) bond motifs is 1. The van der Waals surface area contributed by atoms with E-state index < -0.39 is 26.5 Å². The van der Waals surface area contributed by atoms with Crippen LogP contribution in [0, 0.1) is 6.92 Å². The van der Waals surface area contributed by atoms with Gasteiger partial charge in [0, 0.05) is 6.20 Å². The van der Waals surface area contributed by atoms with Gasteiger partial charge in [-0.15, -0.1) is 10.2 Å². The maximum absolute atomic E-state index is 13.3. The van der Waals surface area contributed by atoms with E-state index in [-0.39, 0.29) is 4.90 Å². The predicted molar refractivity (Wildman–Crippen MR) is 104 cm³/mol. The average molecular weight is 398 g/mol. The van der Waals surface area contributed by atoms with E-state index in [0.29, 0.717) is 30.7 Å². The first-order valence-corrected chi connectivity index (χ1v) is 10.8. The van der Waals surface area contributed by atoms with Crippen molar-refractivity contribution in [1.82, 2.24) is 19.9 Å².